The SMILES string of the molecule is CCCCCCCCCCn1cccc1.Cl. The molecule has 0 bridgehead atoms. The molecule has 1 heterocycles. The minimum Gasteiger partial charge on any atom is -0.354 e. The number of halogens is 1. The van der Waals surface area contributed by atoms with Crippen LogP contribution >= 0.6 is 12.4 Å². The second-order valence-corrected chi connectivity index (χ2v) is 4.40. The summed E-state index contributed by atoms with van der Waals surface area (Å²) in [5, 5.41) is 0. The van der Waals surface area contributed by atoms with Gasteiger partial charge in [0.25, 0.3) is 0 Å². The van der Waals surface area contributed by atoms with Crippen molar-refractivity contribution in [3.05, 3.63) is 24.5 Å². The Morgan fingerprint density at radius 3 is 1.81 bits per heavy atom. The lowest BCUT2D eigenvalue weighted by Gasteiger charge is -2.03. The number of aryl methyl sites for hydroxylation is 1. The van der Waals surface area contributed by atoms with Gasteiger partial charge < -0.3 is 4.57 Å². The van der Waals surface area contributed by atoms with Gasteiger partial charge >= 0.3 is 0 Å². The van der Waals surface area contributed by atoms with E-state index in [-0.39, 0.29) is 12.4 Å². The van der Waals surface area contributed by atoms with Crippen molar-refractivity contribution < 1.29 is 0 Å². The monoisotopic (exact) mass is 243 g/mol. The van der Waals surface area contributed by atoms with Crippen molar-refractivity contribution in [3.8, 4) is 0 Å². The van der Waals surface area contributed by atoms with Crippen molar-refractivity contribution in [2.75, 3.05) is 0 Å². The Morgan fingerprint density at radius 2 is 1.25 bits per heavy atom. The Hall–Kier alpha value is -0.430. The second kappa shape index (κ2) is 11.1. The average Bonchev–Trinajstić information content (AvgIpc) is 2.75. The normalized spacial score (nSPS) is 10.1. The van der Waals surface area contributed by atoms with Crippen LogP contribution in [0.5, 0.6) is 0 Å². The Kier molecular flexibility index (Phi) is 10.8. The highest BCUT2D eigenvalue weighted by Gasteiger charge is 1.92. The molecule has 16 heavy (non-hydrogen) atoms. The third-order valence-corrected chi connectivity index (χ3v) is 2.94. The summed E-state index contributed by atoms with van der Waals surface area (Å²) >= 11 is 0. The van der Waals surface area contributed by atoms with E-state index < -0.39 is 0 Å². The molecule has 0 saturated carbocycles. The zero-order chi connectivity index (χ0) is 10.8. The molecule has 0 radical (unpaired) electrons. The molecule has 2 heteroatoms. The topological polar surface area (TPSA) is 4.93 Å². The lowest BCUT2D eigenvalue weighted by atomic mass is 10.1. The standard InChI is InChI=1S/C14H25N.ClH/c1-2-3-4-5-6-7-8-9-12-15-13-10-11-14-15;/h10-11,13-14H,2-9,12H2,1H3;1H. The second-order valence-electron chi connectivity index (χ2n) is 4.40. The van der Waals surface area contributed by atoms with Crippen molar-refractivity contribution in [1.82, 2.24) is 4.57 Å². The summed E-state index contributed by atoms with van der Waals surface area (Å²) in [6, 6.07) is 4.20. The van der Waals surface area contributed by atoms with Gasteiger partial charge in [-0.1, -0.05) is 51.9 Å². The molecule has 1 rings (SSSR count). The fourth-order valence-electron chi connectivity index (χ4n) is 1.95. The summed E-state index contributed by atoms with van der Waals surface area (Å²) in [5.41, 5.74) is 0. The lowest BCUT2D eigenvalue weighted by molar-refractivity contribution is 0.544. The molecule has 1 nitrogen and oxygen atoms in total. The number of unbranched alkanes of at least 4 members (excludes halogenated alkanes) is 7. The zero-order valence-corrected chi connectivity index (χ0v) is 11.3. The fraction of sp³-hybridized carbons (Fsp3) is 0.714. The van der Waals surface area contributed by atoms with Gasteiger partial charge in [0.05, 0.1) is 0 Å². The molecule has 0 saturated heterocycles. The van der Waals surface area contributed by atoms with Crippen molar-refractivity contribution in [3.63, 3.8) is 0 Å². The van der Waals surface area contributed by atoms with E-state index in [4.69, 9.17) is 0 Å². The molecule has 0 N–H and O–H groups in total. The molecule has 0 amide bonds. The van der Waals surface area contributed by atoms with E-state index in [2.05, 4.69) is 36.0 Å². The van der Waals surface area contributed by atoms with Crippen LogP contribution in [0.4, 0.5) is 0 Å². The van der Waals surface area contributed by atoms with Gasteiger partial charge in [-0.2, -0.15) is 0 Å². The number of nitrogens with zero attached hydrogens (tertiary/aromatic N) is 1. The lowest BCUT2D eigenvalue weighted by Crippen LogP contribution is -1.93. The molecule has 0 spiro atoms. The van der Waals surface area contributed by atoms with Crippen LogP contribution in [0, 0.1) is 0 Å². The number of hydrogen-bond acceptors (Lipinski definition) is 0. The minimum atomic E-state index is 0. The smallest absolute Gasteiger partial charge is 0.0219 e. The van der Waals surface area contributed by atoms with Gasteiger partial charge in [0.15, 0.2) is 0 Å². The summed E-state index contributed by atoms with van der Waals surface area (Å²) in [4.78, 5) is 0. The third kappa shape index (κ3) is 7.81. The van der Waals surface area contributed by atoms with Crippen molar-refractivity contribution in [2.45, 2.75) is 64.8 Å². The summed E-state index contributed by atoms with van der Waals surface area (Å²) in [5.74, 6) is 0. The quantitative estimate of drug-likeness (QED) is 0.535. The van der Waals surface area contributed by atoms with E-state index in [0.717, 1.165) is 0 Å². The van der Waals surface area contributed by atoms with Crippen LogP contribution in [0.15, 0.2) is 24.5 Å². The van der Waals surface area contributed by atoms with Crippen LogP contribution in [0.1, 0.15) is 58.3 Å². The van der Waals surface area contributed by atoms with Crippen LogP contribution in [-0.4, -0.2) is 4.57 Å². The molecule has 1 aromatic heterocycles. The molecular formula is C14H26ClN. The first-order valence-corrected chi connectivity index (χ1v) is 6.54. The molecule has 0 aliphatic heterocycles. The maximum absolute atomic E-state index is 2.27. The van der Waals surface area contributed by atoms with Crippen LogP contribution in [-0.2, 0) is 6.54 Å². The van der Waals surface area contributed by atoms with E-state index in [9.17, 15) is 0 Å². The predicted octanol–water partition coefficient (Wildman–Crippen LogP) is 5.05. The van der Waals surface area contributed by atoms with Gasteiger partial charge in [-0.25, -0.2) is 0 Å². The first-order valence-electron chi connectivity index (χ1n) is 6.54. The molecule has 0 unspecified atom stereocenters. The van der Waals surface area contributed by atoms with Gasteiger partial charge in [-0.05, 0) is 18.6 Å². The van der Waals surface area contributed by atoms with Gasteiger partial charge in [-0.3, -0.25) is 0 Å². The molecule has 94 valence electrons. The Bertz CT molecular complexity index is 219. The Morgan fingerprint density at radius 1 is 0.750 bits per heavy atom. The maximum Gasteiger partial charge on any atom is 0.0219 e. The van der Waals surface area contributed by atoms with Crippen LogP contribution < -0.4 is 0 Å². The molecule has 0 fully saturated rings. The number of aromatic nitrogens is 1. The van der Waals surface area contributed by atoms with Gasteiger partial charge in [0.1, 0.15) is 0 Å². The van der Waals surface area contributed by atoms with Gasteiger partial charge in [0, 0.05) is 18.9 Å². The molecule has 1 aromatic rings. The minimum absolute atomic E-state index is 0. The Labute approximate surface area is 107 Å². The third-order valence-electron chi connectivity index (χ3n) is 2.94. The molecule has 0 aromatic carbocycles. The molecular weight excluding hydrogens is 218 g/mol. The summed E-state index contributed by atoms with van der Waals surface area (Å²) < 4.78 is 2.27. The number of rotatable bonds is 9. The van der Waals surface area contributed by atoms with Crippen molar-refractivity contribution in [1.29, 1.82) is 0 Å². The first-order chi connectivity index (χ1) is 7.43. The van der Waals surface area contributed by atoms with E-state index in [1.54, 1.807) is 0 Å². The highest BCUT2D eigenvalue weighted by Crippen LogP contribution is 2.09. The van der Waals surface area contributed by atoms with E-state index in [0.29, 0.717) is 0 Å². The van der Waals surface area contributed by atoms with Crippen molar-refractivity contribution >= 4 is 12.4 Å². The fourth-order valence-corrected chi connectivity index (χ4v) is 1.95. The Balaban J connectivity index is 0.00000225. The largest absolute Gasteiger partial charge is 0.354 e. The van der Waals surface area contributed by atoms with Gasteiger partial charge in [-0.15, -0.1) is 12.4 Å². The summed E-state index contributed by atoms with van der Waals surface area (Å²) in [6.07, 6.45) is 15.5. The highest BCUT2D eigenvalue weighted by atomic mass is 35.5. The zero-order valence-electron chi connectivity index (χ0n) is 10.5. The van der Waals surface area contributed by atoms with Crippen LogP contribution in [0.25, 0.3) is 0 Å². The van der Waals surface area contributed by atoms with E-state index in [1.165, 1.54) is 57.9 Å². The van der Waals surface area contributed by atoms with E-state index in [1.807, 2.05) is 0 Å². The van der Waals surface area contributed by atoms with Crippen molar-refractivity contribution in [2.24, 2.45) is 0 Å². The first kappa shape index (κ1) is 15.6. The molecule has 0 aliphatic carbocycles. The van der Waals surface area contributed by atoms with Gasteiger partial charge in [0.2, 0.25) is 0 Å². The van der Waals surface area contributed by atoms with Crippen LogP contribution in [0.2, 0.25) is 0 Å². The number of hydrogen-bond donors (Lipinski definition) is 0. The molecule has 0 aliphatic rings. The summed E-state index contributed by atoms with van der Waals surface area (Å²) in [6.45, 7) is 3.47. The molecule has 0 atom stereocenters. The predicted molar refractivity (Wildman–Crippen MR) is 74.3 cm³/mol. The highest BCUT2D eigenvalue weighted by molar-refractivity contribution is 5.85. The maximum atomic E-state index is 2.27. The average molecular weight is 244 g/mol. The van der Waals surface area contributed by atoms with Crippen LogP contribution in [0.3, 0.4) is 0 Å². The summed E-state index contributed by atoms with van der Waals surface area (Å²) in [7, 11) is 0. The van der Waals surface area contributed by atoms with E-state index >= 15 is 0 Å².